The van der Waals surface area contributed by atoms with Crippen LogP contribution >= 0.6 is 15.9 Å². The van der Waals surface area contributed by atoms with E-state index in [9.17, 15) is 0 Å². The molecule has 0 saturated heterocycles. The molecular weight excluding hydrogens is 294 g/mol. The number of benzene rings is 1. The maximum Gasteiger partial charge on any atom is 0.259 e. The summed E-state index contributed by atoms with van der Waals surface area (Å²) in [5.41, 5.74) is 7.57. The molecule has 0 amide bonds. The highest BCUT2D eigenvalue weighted by Crippen LogP contribution is 2.29. The van der Waals surface area contributed by atoms with E-state index in [0.717, 1.165) is 22.0 Å². The van der Waals surface area contributed by atoms with Crippen molar-refractivity contribution in [3.63, 3.8) is 0 Å². The van der Waals surface area contributed by atoms with Crippen molar-refractivity contribution in [1.82, 2.24) is 10.1 Å². The summed E-state index contributed by atoms with van der Waals surface area (Å²) in [4.78, 5) is 4.39. The van der Waals surface area contributed by atoms with Gasteiger partial charge in [-0.3, -0.25) is 0 Å². The zero-order valence-electron chi connectivity index (χ0n) is 10.7. The monoisotopic (exact) mass is 309 g/mol. The lowest BCUT2D eigenvalue weighted by atomic mass is 10.00. The van der Waals surface area contributed by atoms with Gasteiger partial charge in [-0.2, -0.15) is 4.98 Å². The van der Waals surface area contributed by atoms with Crippen molar-refractivity contribution in [2.45, 2.75) is 32.7 Å². The fraction of sp³-hybridized carbons (Fsp3) is 0.385. The van der Waals surface area contributed by atoms with Crippen molar-refractivity contribution in [1.29, 1.82) is 0 Å². The van der Waals surface area contributed by atoms with Crippen LogP contribution in [0.1, 0.15) is 31.7 Å². The van der Waals surface area contributed by atoms with Crippen LogP contribution in [0.3, 0.4) is 0 Å². The van der Waals surface area contributed by atoms with Gasteiger partial charge in [-0.25, -0.2) is 0 Å². The number of hydrogen-bond acceptors (Lipinski definition) is 4. The molecule has 0 radical (unpaired) electrons. The second-order valence-corrected chi connectivity index (χ2v) is 5.53. The Hall–Kier alpha value is -1.20. The molecule has 1 heterocycles. The van der Waals surface area contributed by atoms with Gasteiger partial charge in [0, 0.05) is 4.47 Å². The smallest absolute Gasteiger partial charge is 0.259 e. The van der Waals surface area contributed by atoms with Crippen LogP contribution in [0.5, 0.6) is 0 Å². The summed E-state index contributed by atoms with van der Waals surface area (Å²) in [5, 5.41) is 3.97. The molecule has 4 nitrogen and oxygen atoms in total. The molecule has 0 fully saturated rings. The van der Waals surface area contributed by atoms with Crippen molar-refractivity contribution < 1.29 is 4.52 Å². The second kappa shape index (κ2) is 4.82. The number of rotatable bonds is 3. The zero-order chi connectivity index (χ0) is 13.3. The molecule has 1 aromatic carbocycles. The van der Waals surface area contributed by atoms with E-state index in [-0.39, 0.29) is 0 Å². The van der Waals surface area contributed by atoms with Crippen molar-refractivity contribution in [2.24, 2.45) is 5.73 Å². The minimum atomic E-state index is -0.557. The lowest BCUT2D eigenvalue weighted by Crippen LogP contribution is -2.33. The van der Waals surface area contributed by atoms with Gasteiger partial charge in [-0.1, -0.05) is 23.7 Å². The minimum Gasteiger partial charge on any atom is -0.334 e. The molecule has 18 heavy (non-hydrogen) atoms. The molecule has 0 bridgehead atoms. The first-order chi connectivity index (χ1) is 8.44. The molecule has 2 aromatic rings. The first-order valence-electron chi connectivity index (χ1n) is 5.83. The third kappa shape index (κ3) is 2.47. The van der Waals surface area contributed by atoms with Gasteiger partial charge in [-0.05, 0) is 48.3 Å². The first-order valence-corrected chi connectivity index (χ1v) is 6.63. The molecule has 1 atom stereocenters. The summed E-state index contributed by atoms with van der Waals surface area (Å²) in [5.74, 6) is 1.03. The Morgan fingerprint density at radius 3 is 2.83 bits per heavy atom. The summed E-state index contributed by atoms with van der Waals surface area (Å²) >= 11 is 3.48. The van der Waals surface area contributed by atoms with E-state index in [0.29, 0.717) is 11.7 Å². The Labute approximate surface area is 115 Å². The van der Waals surface area contributed by atoms with Crippen LogP contribution in [0.4, 0.5) is 0 Å². The average molecular weight is 310 g/mol. The molecule has 0 aliphatic heterocycles. The maximum atomic E-state index is 6.10. The number of halogens is 1. The average Bonchev–Trinajstić information content (AvgIpc) is 2.82. The highest BCUT2D eigenvalue weighted by atomic mass is 79.9. The van der Waals surface area contributed by atoms with Crippen LogP contribution in [0.15, 0.2) is 27.2 Å². The third-order valence-electron chi connectivity index (χ3n) is 3.02. The summed E-state index contributed by atoms with van der Waals surface area (Å²) in [6.45, 7) is 5.91. The number of nitrogens with zero attached hydrogens (tertiary/aromatic N) is 2. The predicted octanol–water partition coefficient (Wildman–Crippen LogP) is 3.39. The fourth-order valence-corrected chi connectivity index (χ4v) is 1.94. The molecule has 0 aliphatic rings. The van der Waals surface area contributed by atoms with Crippen LogP contribution in [-0.4, -0.2) is 10.1 Å². The molecule has 0 aliphatic carbocycles. The molecule has 2 rings (SSSR count). The van der Waals surface area contributed by atoms with E-state index >= 15 is 0 Å². The van der Waals surface area contributed by atoms with Gasteiger partial charge in [0.05, 0.1) is 11.1 Å². The standard InChI is InChI=1S/C13H16BrN3O/c1-4-13(3,15)12-16-11(18-17-12)9-7-8(2)5-6-10(9)14/h5-7H,4,15H2,1-3H3. The highest BCUT2D eigenvalue weighted by Gasteiger charge is 2.26. The molecule has 5 heteroatoms. The number of nitrogens with two attached hydrogens (primary N) is 1. The molecule has 1 unspecified atom stereocenters. The van der Waals surface area contributed by atoms with E-state index in [2.05, 4.69) is 26.1 Å². The van der Waals surface area contributed by atoms with Crippen LogP contribution in [-0.2, 0) is 5.54 Å². The van der Waals surface area contributed by atoms with Crippen molar-refractivity contribution in [3.8, 4) is 11.5 Å². The predicted molar refractivity (Wildman–Crippen MR) is 74.0 cm³/mol. The summed E-state index contributed by atoms with van der Waals surface area (Å²) < 4.78 is 6.23. The Bertz CT molecular complexity index is 563. The summed E-state index contributed by atoms with van der Waals surface area (Å²) in [6.07, 6.45) is 0.751. The van der Waals surface area contributed by atoms with Crippen LogP contribution in [0, 0.1) is 6.92 Å². The normalized spacial score (nSPS) is 14.5. The van der Waals surface area contributed by atoms with Crippen LogP contribution in [0.25, 0.3) is 11.5 Å². The Morgan fingerprint density at radius 2 is 2.17 bits per heavy atom. The lowest BCUT2D eigenvalue weighted by molar-refractivity contribution is 0.379. The molecular formula is C13H16BrN3O. The van der Waals surface area contributed by atoms with Crippen molar-refractivity contribution in [2.75, 3.05) is 0 Å². The fourth-order valence-electron chi connectivity index (χ4n) is 1.53. The molecule has 96 valence electrons. The van der Waals surface area contributed by atoms with Gasteiger partial charge < -0.3 is 10.3 Å². The van der Waals surface area contributed by atoms with Gasteiger partial charge in [0.1, 0.15) is 0 Å². The number of hydrogen-bond donors (Lipinski definition) is 1. The van der Waals surface area contributed by atoms with Gasteiger partial charge in [0.2, 0.25) is 0 Å². The van der Waals surface area contributed by atoms with E-state index in [4.69, 9.17) is 10.3 Å². The summed E-state index contributed by atoms with van der Waals surface area (Å²) in [7, 11) is 0. The van der Waals surface area contributed by atoms with Crippen molar-refractivity contribution >= 4 is 15.9 Å². The quantitative estimate of drug-likeness (QED) is 0.943. The first kappa shape index (κ1) is 13.2. The Balaban J connectivity index is 2.44. The van der Waals surface area contributed by atoms with Gasteiger partial charge in [-0.15, -0.1) is 0 Å². The zero-order valence-corrected chi connectivity index (χ0v) is 12.3. The largest absolute Gasteiger partial charge is 0.334 e. The molecule has 2 N–H and O–H groups in total. The molecule has 1 aromatic heterocycles. The number of aromatic nitrogens is 2. The summed E-state index contributed by atoms with van der Waals surface area (Å²) in [6, 6.07) is 5.99. The number of aryl methyl sites for hydroxylation is 1. The SMILES string of the molecule is CCC(C)(N)c1noc(-c2cc(C)ccc2Br)n1. The van der Waals surface area contributed by atoms with Gasteiger partial charge in [0.15, 0.2) is 5.82 Å². The van der Waals surface area contributed by atoms with Crippen LogP contribution < -0.4 is 5.73 Å². The van der Waals surface area contributed by atoms with E-state index in [1.54, 1.807) is 0 Å². The lowest BCUT2D eigenvalue weighted by Gasteiger charge is -2.16. The molecule has 0 saturated carbocycles. The Morgan fingerprint density at radius 1 is 1.44 bits per heavy atom. The van der Waals surface area contributed by atoms with Gasteiger partial charge in [0.25, 0.3) is 5.89 Å². The Kier molecular flexibility index (Phi) is 3.54. The second-order valence-electron chi connectivity index (χ2n) is 4.68. The van der Waals surface area contributed by atoms with Gasteiger partial charge >= 0.3 is 0 Å². The maximum absolute atomic E-state index is 6.10. The van der Waals surface area contributed by atoms with E-state index < -0.39 is 5.54 Å². The third-order valence-corrected chi connectivity index (χ3v) is 3.72. The van der Waals surface area contributed by atoms with E-state index in [1.165, 1.54) is 0 Å². The topological polar surface area (TPSA) is 64.9 Å². The van der Waals surface area contributed by atoms with E-state index in [1.807, 2.05) is 39.0 Å². The van der Waals surface area contributed by atoms with Crippen molar-refractivity contribution in [3.05, 3.63) is 34.1 Å². The minimum absolute atomic E-state index is 0.491. The molecule has 0 spiro atoms. The highest BCUT2D eigenvalue weighted by molar-refractivity contribution is 9.10. The van der Waals surface area contributed by atoms with Crippen LogP contribution in [0.2, 0.25) is 0 Å².